The van der Waals surface area contributed by atoms with Crippen LogP contribution in [0.15, 0.2) is 12.5 Å². The molecule has 2 aromatic heterocycles. The molecule has 0 bridgehead atoms. The average molecular weight is 289 g/mol. The lowest BCUT2D eigenvalue weighted by Gasteiger charge is -2.33. The number of carboxylic acids is 1. The molecule has 2 aromatic rings. The second-order valence-corrected chi connectivity index (χ2v) is 5.08. The van der Waals surface area contributed by atoms with Crippen molar-refractivity contribution in [3.05, 3.63) is 23.8 Å². The molecule has 3 heterocycles. The largest absolute Gasteiger partial charge is 0.480 e. The standard InChI is InChI=1S/C13H15N5O3/c1-8-9(6-14-13-15-7-16-18(8)13)11(19)17-5-3-2-4-10(17)12(20)21/h6-7,10H,2-5H2,1H3,(H,20,21). The Hall–Kier alpha value is -2.51. The summed E-state index contributed by atoms with van der Waals surface area (Å²) < 4.78 is 1.48. The van der Waals surface area contributed by atoms with E-state index >= 15 is 0 Å². The Kier molecular flexibility index (Phi) is 3.28. The summed E-state index contributed by atoms with van der Waals surface area (Å²) in [6, 6.07) is -0.767. The minimum absolute atomic E-state index is 0.315. The van der Waals surface area contributed by atoms with Gasteiger partial charge in [0.1, 0.15) is 12.4 Å². The molecule has 0 aromatic carbocycles. The summed E-state index contributed by atoms with van der Waals surface area (Å²) in [5.41, 5.74) is 0.971. The van der Waals surface area contributed by atoms with Crippen LogP contribution in [0, 0.1) is 6.92 Å². The molecule has 1 saturated heterocycles. The van der Waals surface area contributed by atoms with Crippen LogP contribution in [0.3, 0.4) is 0 Å². The van der Waals surface area contributed by atoms with E-state index in [0.717, 1.165) is 12.8 Å². The summed E-state index contributed by atoms with van der Waals surface area (Å²) in [4.78, 5) is 33.4. The first-order valence-electron chi connectivity index (χ1n) is 6.78. The number of aryl methyl sites for hydroxylation is 1. The first-order valence-corrected chi connectivity index (χ1v) is 6.78. The molecule has 1 aliphatic rings. The lowest BCUT2D eigenvalue weighted by Crippen LogP contribution is -2.48. The summed E-state index contributed by atoms with van der Waals surface area (Å²) >= 11 is 0. The van der Waals surface area contributed by atoms with Gasteiger partial charge in [-0.3, -0.25) is 4.79 Å². The van der Waals surface area contributed by atoms with Gasteiger partial charge in [-0.25, -0.2) is 14.3 Å². The van der Waals surface area contributed by atoms with Gasteiger partial charge in [-0.15, -0.1) is 0 Å². The van der Waals surface area contributed by atoms with E-state index in [1.165, 1.54) is 21.9 Å². The van der Waals surface area contributed by atoms with Crippen LogP contribution in [0.1, 0.15) is 35.3 Å². The first kappa shape index (κ1) is 13.5. The molecule has 0 aliphatic carbocycles. The molecule has 1 aliphatic heterocycles. The van der Waals surface area contributed by atoms with Crippen LogP contribution in [0.2, 0.25) is 0 Å². The molecule has 1 unspecified atom stereocenters. The molecule has 0 saturated carbocycles. The number of fused-ring (bicyclic) bond motifs is 1. The maximum atomic E-state index is 12.7. The quantitative estimate of drug-likeness (QED) is 0.864. The molecule has 1 atom stereocenters. The van der Waals surface area contributed by atoms with Crippen LogP contribution in [0.4, 0.5) is 0 Å². The highest BCUT2D eigenvalue weighted by Crippen LogP contribution is 2.21. The van der Waals surface area contributed by atoms with Gasteiger partial charge in [0.15, 0.2) is 0 Å². The molecular formula is C13H15N5O3. The maximum Gasteiger partial charge on any atom is 0.326 e. The Bertz CT molecular complexity index is 711. The van der Waals surface area contributed by atoms with Crippen LogP contribution in [-0.2, 0) is 4.79 Å². The topological polar surface area (TPSA) is 101 Å². The van der Waals surface area contributed by atoms with Crippen LogP contribution >= 0.6 is 0 Å². The monoisotopic (exact) mass is 289 g/mol. The lowest BCUT2D eigenvalue weighted by molar-refractivity contribution is -0.143. The van der Waals surface area contributed by atoms with Gasteiger partial charge < -0.3 is 10.0 Å². The Morgan fingerprint density at radius 2 is 2.14 bits per heavy atom. The third-order valence-electron chi connectivity index (χ3n) is 3.83. The minimum atomic E-state index is -0.963. The van der Waals surface area contributed by atoms with E-state index in [9.17, 15) is 14.7 Å². The van der Waals surface area contributed by atoms with Crippen molar-refractivity contribution in [3.63, 3.8) is 0 Å². The van der Waals surface area contributed by atoms with Gasteiger partial charge in [-0.05, 0) is 26.2 Å². The summed E-state index contributed by atoms with van der Waals surface area (Å²) in [6.07, 6.45) is 4.92. The highest BCUT2D eigenvalue weighted by Gasteiger charge is 2.33. The molecule has 3 rings (SSSR count). The Morgan fingerprint density at radius 3 is 2.90 bits per heavy atom. The summed E-state index contributed by atoms with van der Waals surface area (Å²) in [5, 5.41) is 13.3. The Labute approximate surface area is 120 Å². The fraction of sp³-hybridized carbons (Fsp3) is 0.462. The first-order chi connectivity index (χ1) is 10.1. The number of piperidine rings is 1. The molecule has 1 fully saturated rings. The SMILES string of the molecule is Cc1c(C(=O)N2CCCCC2C(=O)O)cnc2ncnn12. The number of aliphatic carboxylic acids is 1. The van der Waals surface area contributed by atoms with Crippen LogP contribution in [0.5, 0.6) is 0 Å². The number of nitrogens with zero attached hydrogens (tertiary/aromatic N) is 5. The van der Waals surface area contributed by atoms with E-state index in [1.54, 1.807) is 6.92 Å². The van der Waals surface area contributed by atoms with Gasteiger partial charge in [-0.1, -0.05) is 0 Å². The number of aromatic nitrogens is 4. The molecule has 1 amide bonds. The molecule has 8 nitrogen and oxygen atoms in total. The van der Waals surface area contributed by atoms with E-state index in [2.05, 4.69) is 15.1 Å². The van der Waals surface area contributed by atoms with Gasteiger partial charge in [0.2, 0.25) is 0 Å². The van der Waals surface area contributed by atoms with Crippen LogP contribution in [-0.4, -0.2) is 54.1 Å². The molecule has 1 N–H and O–H groups in total. The Balaban J connectivity index is 1.99. The van der Waals surface area contributed by atoms with Gasteiger partial charge in [0, 0.05) is 12.7 Å². The van der Waals surface area contributed by atoms with Crippen molar-refractivity contribution < 1.29 is 14.7 Å². The van der Waals surface area contributed by atoms with Crippen molar-refractivity contribution in [1.29, 1.82) is 0 Å². The number of carbonyl (C=O) groups excluding carboxylic acids is 1. The predicted molar refractivity (Wildman–Crippen MR) is 71.8 cm³/mol. The number of carboxylic acid groups (broad SMARTS) is 1. The number of likely N-dealkylation sites (tertiary alicyclic amines) is 1. The van der Waals surface area contributed by atoms with E-state index in [0.29, 0.717) is 30.0 Å². The maximum absolute atomic E-state index is 12.7. The fourth-order valence-electron chi connectivity index (χ4n) is 2.69. The normalized spacial score (nSPS) is 18.9. The number of amides is 1. The van der Waals surface area contributed by atoms with Gasteiger partial charge in [-0.2, -0.15) is 10.1 Å². The van der Waals surface area contributed by atoms with Crippen molar-refractivity contribution >= 4 is 17.7 Å². The van der Waals surface area contributed by atoms with E-state index in [1.807, 2.05) is 0 Å². The molecule has 0 radical (unpaired) electrons. The highest BCUT2D eigenvalue weighted by atomic mass is 16.4. The van der Waals surface area contributed by atoms with Crippen LogP contribution in [0.25, 0.3) is 5.78 Å². The van der Waals surface area contributed by atoms with Gasteiger partial charge in [0.25, 0.3) is 11.7 Å². The summed E-state index contributed by atoms with van der Waals surface area (Å²) in [7, 11) is 0. The highest BCUT2D eigenvalue weighted by molar-refractivity contribution is 5.97. The average Bonchev–Trinajstić information content (AvgIpc) is 2.96. The zero-order valence-corrected chi connectivity index (χ0v) is 11.6. The number of hydrogen-bond acceptors (Lipinski definition) is 5. The van der Waals surface area contributed by atoms with Crippen molar-refractivity contribution in [2.24, 2.45) is 0 Å². The molecule has 0 spiro atoms. The zero-order valence-electron chi connectivity index (χ0n) is 11.6. The summed E-state index contributed by atoms with van der Waals surface area (Å²) in [5.74, 6) is -0.863. The molecular weight excluding hydrogens is 274 g/mol. The predicted octanol–water partition coefficient (Wildman–Crippen LogP) is 0.512. The smallest absolute Gasteiger partial charge is 0.326 e. The second kappa shape index (κ2) is 5.12. The minimum Gasteiger partial charge on any atom is -0.480 e. The van der Waals surface area contributed by atoms with Crippen molar-refractivity contribution in [2.75, 3.05) is 6.54 Å². The van der Waals surface area contributed by atoms with Gasteiger partial charge >= 0.3 is 5.97 Å². The van der Waals surface area contributed by atoms with E-state index in [-0.39, 0.29) is 5.91 Å². The number of hydrogen-bond donors (Lipinski definition) is 1. The second-order valence-electron chi connectivity index (χ2n) is 5.08. The third kappa shape index (κ3) is 2.22. The Morgan fingerprint density at radius 1 is 1.33 bits per heavy atom. The lowest BCUT2D eigenvalue weighted by atomic mass is 10.0. The number of carbonyl (C=O) groups is 2. The van der Waals surface area contributed by atoms with Gasteiger partial charge in [0.05, 0.1) is 11.3 Å². The van der Waals surface area contributed by atoms with Crippen molar-refractivity contribution in [3.8, 4) is 0 Å². The van der Waals surface area contributed by atoms with Crippen molar-refractivity contribution in [1.82, 2.24) is 24.5 Å². The van der Waals surface area contributed by atoms with E-state index in [4.69, 9.17) is 0 Å². The molecule has 21 heavy (non-hydrogen) atoms. The fourth-order valence-corrected chi connectivity index (χ4v) is 2.69. The van der Waals surface area contributed by atoms with Crippen molar-refractivity contribution in [2.45, 2.75) is 32.2 Å². The molecule has 110 valence electrons. The third-order valence-corrected chi connectivity index (χ3v) is 3.83. The molecule has 8 heteroatoms. The number of rotatable bonds is 2. The zero-order chi connectivity index (χ0) is 15.0. The van der Waals surface area contributed by atoms with Crippen LogP contribution < -0.4 is 0 Å². The summed E-state index contributed by atoms with van der Waals surface area (Å²) in [6.45, 7) is 2.20. The van der Waals surface area contributed by atoms with E-state index < -0.39 is 12.0 Å².